The van der Waals surface area contributed by atoms with Crippen LogP contribution in [0.1, 0.15) is 47.2 Å². The van der Waals surface area contributed by atoms with Gasteiger partial charge < -0.3 is 9.84 Å². The molecule has 0 amide bonds. The molecule has 0 spiro atoms. The Morgan fingerprint density at radius 3 is 2.93 bits per heavy atom. The van der Waals surface area contributed by atoms with Crippen LogP contribution in [0.2, 0.25) is 0 Å². The Labute approximate surface area is 164 Å². The van der Waals surface area contributed by atoms with Gasteiger partial charge in [0.15, 0.2) is 0 Å². The highest BCUT2D eigenvalue weighted by Gasteiger charge is 2.31. The van der Waals surface area contributed by atoms with Gasteiger partial charge in [0.2, 0.25) is 11.7 Å². The van der Waals surface area contributed by atoms with Crippen molar-refractivity contribution in [2.45, 2.75) is 38.8 Å². The lowest BCUT2D eigenvalue weighted by atomic mass is 9.95. The first-order chi connectivity index (χ1) is 13.8. The number of rotatable bonds is 4. The van der Waals surface area contributed by atoms with E-state index in [1.807, 2.05) is 25.4 Å². The predicted octanol–water partition coefficient (Wildman–Crippen LogP) is 2.67. The van der Waals surface area contributed by atoms with Crippen LogP contribution in [0.15, 0.2) is 35.2 Å². The average molecular weight is 376 g/mol. The van der Waals surface area contributed by atoms with Crippen LogP contribution in [0.3, 0.4) is 0 Å². The lowest BCUT2D eigenvalue weighted by Gasteiger charge is -2.24. The summed E-state index contributed by atoms with van der Waals surface area (Å²) in [5.74, 6) is 1.28. The smallest absolute Gasteiger partial charge is 0.248 e. The molecule has 0 aromatic carbocycles. The van der Waals surface area contributed by atoms with Gasteiger partial charge in [0.05, 0.1) is 0 Å². The molecular weight excluding hydrogens is 352 g/mol. The average Bonchev–Trinajstić information content (AvgIpc) is 3.42. The SMILES string of the molecule is Cc1ncc2c(c1-c1noc(C(c3cccnc3)N3CCCC3)n1)CCNC2. The maximum Gasteiger partial charge on any atom is 0.248 e. The van der Waals surface area contributed by atoms with Crippen molar-refractivity contribution in [1.29, 1.82) is 0 Å². The van der Waals surface area contributed by atoms with E-state index in [-0.39, 0.29) is 6.04 Å². The van der Waals surface area contributed by atoms with Crippen molar-refractivity contribution < 1.29 is 4.52 Å². The van der Waals surface area contributed by atoms with Crippen LogP contribution in [-0.2, 0) is 13.0 Å². The van der Waals surface area contributed by atoms with Crippen molar-refractivity contribution in [3.63, 3.8) is 0 Å². The summed E-state index contributed by atoms with van der Waals surface area (Å²) in [7, 11) is 0. The molecule has 0 bridgehead atoms. The van der Waals surface area contributed by atoms with Gasteiger partial charge in [0.25, 0.3) is 0 Å². The number of likely N-dealkylation sites (tertiary alicyclic amines) is 1. The fraction of sp³-hybridized carbons (Fsp3) is 0.429. The Morgan fingerprint density at radius 2 is 2.11 bits per heavy atom. The summed E-state index contributed by atoms with van der Waals surface area (Å²) < 4.78 is 5.82. The Morgan fingerprint density at radius 1 is 1.21 bits per heavy atom. The van der Waals surface area contributed by atoms with E-state index in [4.69, 9.17) is 9.51 Å². The van der Waals surface area contributed by atoms with Crippen molar-refractivity contribution in [3.05, 3.63) is 59.0 Å². The van der Waals surface area contributed by atoms with Crippen LogP contribution in [-0.4, -0.2) is 44.6 Å². The Bertz CT molecular complexity index is 964. The zero-order valence-corrected chi connectivity index (χ0v) is 16.1. The third kappa shape index (κ3) is 3.10. The molecule has 1 unspecified atom stereocenters. The van der Waals surface area contributed by atoms with Crippen molar-refractivity contribution in [1.82, 2.24) is 30.3 Å². The Kier molecular flexibility index (Phi) is 4.62. The van der Waals surface area contributed by atoms with E-state index in [9.17, 15) is 0 Å². The molecule has 1 saturated heterocycles. The zero-order chi connectivity index (χ0) is 18.9. The first-order valence-electron chi connectivity index (χ1n) is 9.97. The molecule has 1 atom stereocenters. The van der Waals surface area contributed by atoms with Crippen LogP contribution >= 0.6 is 0 Å². The molecule has 5 rings (SSSR count). The maximum absolute atomic E-state index is 5.82. The molecular formula is C21H24N6O. The van der Waals surface area contributed by atoms with E-state index < -0.39 is 0 Å². The molecule has 1 N–H and O–H groups in total. The van der Waals surface area contributed by atoms with Crippen LogP contribution in [0.25, 0.3) is 11.4 Å². The van der Waals surface area contributed by atoms with Crippen LogP contribution in [0.5, 0.6) is 0 Å². The number of hydrogen-bond acceptors (Lipinski definition) is 7. The van der Waals surface area contributed by atoms with Crippen molar-refractivity contribution in [3.8, 4) is 11.4 Å². The number of fused-ring (bicyclic) bond motifs is 1. The van der Waals surface area contributed by atoms with E-state index in [2.05, 4.69) is 31.4 Å². The van der Waals surface area contributed by atoms with Crippen LogP contribution in [0, 0.1) is 6.92 Å². The molecule has 0 aliphatic carbocycles. The van der Waals surface area contributed by atoms with E-state index in [0.717, 1.165) is 49.4 Å². The summed E-state index contributed by atoms with van der Waals surface area (Å²) in [6.45, 7) is 5.88. The summed E-state index contributed by atoms with van der Waals surface area (Å²) >= 11 is 0. The van der Waals surface area contributed by atoms with Gasteiger partial charge in [-0.15, -0.1) is 0 Å². The monoisotopic (exact) mass is 376 g/mol. The molecule has 2 aliphatic rings. The summed E-state index contributed by atoms with van der Waals surface area (Å²) in [4.78, 5) is 16.2. The molecule has 2 aliphatic heterocycles. The quantitative estimate of drug-likeness (QED) is 0.750. The molecule has 5 heterocycles. The lowest BCUT2D eigenvalue weighted by Crippen LogP contribution is -2.27. The summed E-state index contributed by atoms with van der Waals surface area (Å²) in [6, 6.07) is 4.00. The number of nitrogens with one attached hydrogen (secondary N) is 1. The van der Waals surface area contributed by atoms with Gasteiger partial charge in [0.1, 0.15) is 6.04 Å². The molecule has 0 radical (unpaired) electrons. The van der Waals surface area contributed by atoms with Gasteiger partial charge in [-0.3, -0.25) is 14.9 Å². The van der Waals surface area contributed by atoms with Gasteiger partial charge in [-0.25, -0.2) is 0 Å². The third-order valence-electron chi connectivity index (χ3n) is 5.74. The summed E-state index contributed by atoms with van der Waals surface area (Å²) in [5, 5.41) is 7.78. The molecule has 0 saturated carbocycles. The molecule has 7 heteroatoms. The minimum absolute atomic E-state index is 0.0491. The van der Waals surface area contributed by atoms with Crippen molar-refractivity contribution in [2.75, 3.05) is 19.6 Å². The minimum atomic E-state index is -0.0491. The second-order valence-corrected chi connectivity index (χ2v) is 7.54. The van der Waals surface area contributed by atoms with Gasteiger partial charge in [-0.1, -0.05) is 11.2 Å². The second kappa shape index (κ2) is 7.41. The number of pyridine rings is 2. The fourth-order valence-electron chi connectivity index (χ4n) is 4.36. The standard InChI is InChI=1S/C21H24N6O/c1-14-18(17-6-8-23-12-16(17)13-24-14)20-25-21(28-26-20)19(27-9-2-3-10-27)15-5-4-7-22-11-15/h4-5,7,11,13,19,23H,2-3,6,8-10,12H2,1H3. The van der Waals surface area contributed by atoms with Crippen molar-refractivity contribution >= 4 is 0 Å². The second-order valence-electron chi connectivity index (χ2n) is 7.54. The number of aryl methyl sites for hydroxylation is 1. The van der Waals surface area contributed by atoms with Gasteiger partial charge >= 0.3 is 0 Å². The van der Waals surface area contributed by atoms with Gasteiger partial charge in [0, 0.05) is 36.4 Å². The lowest BCUT2D eigenvalue weighted by molar-refractivity contribution is 0.225. The van der Waals surface area contributed by atoms with E-state index >= 15 is 0 Å². The highest BCUT2D eigenvalue weighted by molar-refractivity contribution is 5.64. The fourth-order valence-corrected chi connectivity index (χ4v) is 4.36. The molecule has 1 fully saturated rings. The summed E-state index contributed by atoms with van der Waals surface area (Å²) in [6.07, 6.45) is 9.00. The Hall–Kier alpha value is -2.64. The minimum Gasteiger partial charge on any atom is -0.337 e. The third-order valence-corrected chi connectivity index (χ3v) is 5.74. The van der Waals surface area contributed by atoms with Crippen molar-refractivity contribution in [2.24, 2.45) is 0 Å². The normalized spacial score (nSPS) is 18.2. The van der Waals surface area contributed by atoms with Crippen LogP contribution in [0.4, 0.5) is 0 Å². The summed E-state index contributed by atoms with van der Waals surface area (Å²) in [5.41, 5.74) is 5.58. The predicted molar refractivity (Wildman–Crippen MR) is 105 cm³/mol. The van der Waals surface area contributed by atoms with E-state index in [1.54, 1.807) is 6.20 Å². The first-order valence-corrected chi connectivity index (χ1v) is 9.97. The number of nitrogens with zero attached hydrogens (tertiary/aromatic N) is 5. The zero-order valence-electron chi connectivity index (χ0n) is 16.1. The molecule has 3 aromatic heterocycles. The highest BCUT2D eigenvalue weighted by atomic mass is 16.5. The van der Waals surface area contributed by atoms with E-state index in [1.165, 1.54) is 24.0 Å². The molecule has 28 heavy (non-hydrogen) atoms. The first kappa shape index (κ1) is 17.5. The highest BCUT2D eigenvalue weighted by Crippen LogP contribution is 2.33. The number of hydrogen-bond donors (Lipinski definition) is 1. The van der Waals surface area contributed by atoms with Gasteiger partial charge in [-0.05, 0) is 68.6 Å². The van der Waals surface area contributed by atoms with E-state index in [0.29, 0.717) is 11.7 Å². The number of aromatic nitrogens is 4. The topological polar surface area (TPSA) is 80.0 Å². The molecule has 144 valence electrons. The van der Waals surface area contributed by atoms with Crippen LogP contribution < -0.4 is 5.32 Å². The molecule has 3 aromatic rings. The maximum atomic E-state index is 5.82. The molecule has 7 nitrogen and oxygen atoms in total. The Balaban J connectivity index is 1.57. The van der Waals surface area contributed by atoms with Gasteiger partial charge in [-0.2, -0.15) is 4.98 Å². The largest absolute Gasteiger partial charge is 0.337 e.